The first-order chi connectivity index (χ1) is 9.63. The van der Waals surface area contributed by atoms with Crippen molar-refractivity contribution in [2.24, 2.45) is 0 Å². The maximum absolute atomic E-state index is 11.0. The predicted octanol–water partition coefficient (Wildman–Crippen LogP) is 2.64. The van der Waals surface area contributed by atoms with Crippen LogP contribution in [0.3, 0.4) is 0 Å². The Hall–Kier alpha value is -2.21. The number of fused-ring (bicyclic) bond motifs is 1. The number of pyridine rings is 1. The fourth-order valence-corrected chi connectivity index (χ4v) is 2.10. The molecule has 0 aliphatic rings. The highest BCUT2D eigenvalue weighted by atomic mass is 16.6. The Kier molecular flexibility index (Phi) is 4.47. The molecule has 106 valence electrons. The first-order valence-electron chi connectivity index (χ1n) is 6.52. The highest BCUT2D eigenvalue weighted by Crippen LogP contribution is 2.31. The summed E-state index contributed by atoms with van der Waals surface area (Å²) in [7, 11) is 0. The Morgan fingerprint density at radius 1 is 1.35 bits per heavy atom. The molecule has 0 bridgehead atoms. The van der Waals surface area contributed by atoms with Crippen LogP contribution in [0.5, 0.6) is 0 Å². The monoisotopic (exact) mass is 275 g/mol. The Bertz CT molecular complexity index is 628. The second kappa shape index (κ2) is 6.29. The van der Waals surface area contributed by atoms with Crippen molar-refractivity contribution in [2.45, 2.75) is 19.8 Å². The Morgan fingerprint density at radius 2 is 2.15 bits per heavy atom. The number of hydrogen-bond donors (Lipinski definition) is 2. The van der Waals surface area contributed by atoms with Crippen LogP contribution in [0.1, 0.15) is 18.5 Å². The van der Waals surface area contributed by atoms with Gasteiger partial charge in [-0.15, -0.1) is 0 Å². The number of anilines is 1. The number of aliphatic hydroxyl groups excluding tert-OH is 1. The number of nitro benzene ring substituents is 1. The summed E-state index contributed by atoms with van der Waals surface area (Å²) in [6, 6.07) is 5.06. The highest BCUT2D eigenvalue weighted by molar-refractivity contribution is 5.99. The fourth-order valence-electron chi connectivity index (χ4n) is 2.10. The number of aliphatic hydroxyl groups is 1. The van der Waals surface area contributed by atoms with Crippen LogP contribution < -0.4 is 5.32 Å². The topological polar surface area (TPSA) is 88.3 Å². The summed E-state index contributed by atoms with van der Waals surface area (Å²) in [5.41, 5.74) is 1.74. The van der Waals surface area contributed by atoms with Gasteiger partial charge >= 0.3 is 0 Å². The summed E-state index contributed by atoms with van der Waals surface area (Å²) >= 11 is 0. The molecule has 6 heteroatoms. The zero-order chi connectivity index (χ0) is 14.5. The maximum atomic E-state index is 11.0. The summed E-state index contributed by atoms with van der Waals surface area (Å²) in [5.74, 6) is 0. The van der Waals surface area contributed by atoms with Gasteiger partial charge < -0.3 is 10.4 Å². The van der Waals surface area contributed by atoms with Crippen LogP contribution in [0.4, 0.5) is 11.4 Å². The number of benzene rings is 1. The zero-order valence-electron chi connectivity index (χ0n) is 11.3. The molecular weight excluding hydrogens is 258 g/mol. The molecule has 0 amide bonds. The van der Waals surface area contributed by atoms with Gasteiger partial charge in [-0.05, 0) is 31.9 Å². The van der Waals surface area contributed by atoms with Crippen LogP contribution in [-0.4, -0.2) is 28.2 Å². The van der Waals surface area contributed by atoms with Gasteiger partial charge in [0.2, 0.25) is 0 Å². The summed E-state index contributed by atoms with van der Waals surface area (Å²) < 4.78 is 0. The standard InChI is InChI=1S/C14H17N3O3/c1-10-8-11-12(9-16-10)14(17(19)20)5-4-13(11)15-6-2-3-7-18/h4-5,8-9,15,18H,2-3,6-7H2,1H3. The lowest BCUT2D eigenvalue weighted by molar-refractivity contribution is -0.383. The zero-order valence-corrected chi connectivity index (χ0v) is 11.3. The molecular formula is C14H17N3O3. The van der Waals surface area contributed by atoms with E-state index in [0.717, 1.165) is 36.2 Å². The SMILES string of the molecule is Cc1cc2c(NCCCCO)ccc([N+](=O)[O-])c2cn1. The number of nitrogens with zero attached hydrogens (tertiary/aromatic N) is 2. The number of nitro groups is 1. The first-order valence-corrected chi connectivity index (χ1v) is 6.52. The van der Waals surface area contributed by atoms with E-state index < -0.39 is 4.92 Å². The third-order valence-electron chi connectivity index (χ3n) is 3.11. The number of non-ortho nitro benzene ring substituents is 1. The molecule has 0 saturated heterocycles. The summed E-state index contributed by atoms with van der Waals surface area (Å²) in [6.45, 7) is 2.74. The number of nitrogens with one attached hydrogen (secondary N) is 1. The Balaban J connectivity index is 2.37. The smallest absolute Gasteiger partial charge is 0.278 e. The Morgan fingerprint density at radius 3 is 2.85 bits per heavy atom. The van der Waals surface area contributed by atoms with Gasteiger partial charge in [0.15, 0.2) is 0 Å². The molecule has 0 fully saturated rings. The molecule has 0 spiro atoms. The third-order valence-corrected chi connectivity index (χ3v) is 3.11. The van der Waals surface area contributed by atoms with Gasteiger partial charge in [-0.2, -0.15) is 0 Å². The average Bonchev–Trinajstić information content (AvgIpc) is 2.43. The van der Waals surface area contributed by atoms with Crippen molar-refractivity contribution in [3.8, 4) is 0 Å². The van der Waals surface area contributed by atoms with Crippen molar-refractivity contribution in [1.82, 2.24) is 4.98 Å². The van der Waals surface area contributed by atoms with E-state index in [2.05, 4.69) is 10.3 Å². The van der Waals surface area contributed by atoms with Gasteiger partial charge in [0.25, 0.3) is 5.69 Å². The van der Waals surface area contributed by atoms with Crippen molar-refractivity contribution >= 4 is 22.1 Å². The van der Waals surface area contributed by atoms with E-state index in [1.165, 1.54) is 6.07 Å². The summed E-state index contributed by atoms with van der Waals surface area (Å²) in [4.78, 5) is 14.8. The molecule has 0 unspecified atom stereocenters. The van der Waals surface area contributed by atoms with E-state index in [1.807, 2.05) is 13.0 Å². The number of unbranched alkanes of at least 4 members (excludes halogenated alkanes) is 1. The minimum Gasteiger partial charge on any atom is -0.396 e. The Labute approximate surface area is 116 Å². The lowest BCUT2D eigenvalue weighted by atomic mass is 10.1. The van der Waals surface area contributed by atoms with Crippen molar-refractivity contribution < 1.29 is 10.0 Å². The van der Waals surface area contributed by atoms with Gasteiger partial charge in [-0.3, -0.25) is 15.1 Å². The van der Waals surface area contributed by atoms with Crippen LogP contribution >= 0.6 is 0 Å². The fraction of sp³-hybridized carbons (Fsp3) is 0.357. The van der Waals surface area contributed by atoms with Crippen LogP contribution in [0.25, 0.3) is 10.8 Å². The number of hydrogen-bond acceptors (Lipinski definition) is 5. The normalized spacial score (nSPS) is 10.7. The van der Waals surface area contributed by atoms with E-state index >= 15 is 0 Å². The van der Waals surface area contributed by atoms with E-state index in [4.69, 9.17) is 5.11 Å². The molecule has 0 saturated carbocycles. The number of aromatic nitrogens is 1. The van der Waals surface area contributed by atoms with Crippen molar-refractivity contribution in [2.75, 3.05) is 18.5 Å². The molecule has 1 heterocycles. The number of aryl methyl sites for hydroxylation is 1. The van der Waals surface area contributed by atoms with E-state index in [9.17, 15) is 10.1 Å². The second-order valence-corrected chi connectivity index (χ2v) is 4.62. The quantitative estimate of drug-likeness (QED) is 0.480. The molecule has 20 heavy (non-hydrogen) atoms. The molecule has 2 rings (SSSR count). The van der Waals surface area contributed by atoms with E-state index in [-0.39, 0.29) is 12.3 Å². The van der Waals surface area contributed by atoms with Crippen molar-refractivity contribution in [1.29, 1.82) is 0 Å². The van der Waals surface area contributed by atoms with Crippen LogP contribution in [-0.2, 0) is 0 Å². The first kappa shape index (κ1) is 14.2. The lowest BCUT2D eigenvalue weighted by Gasteiger charge is -2.10. The van der Waals surface area contributed by atoms with Crippen LogP contribution in [0, 0.1) is 17.0 Å². The largest absolute Gasteiger partial charge is 0.396 e. The van der Waals surface area contributed by atoms with Gasteiger partial charge in [0.1, 0.15) is 0 Å². The predicted molar refractivity (Wildman–Crippen MR) is 77.9 cm³/mol. The second-order valence-electron chi connectivity index (χ2n) is 4.62. The molecule has 0 atom stereocenters. The summed E-state index contributed by atoms with van der Waals surface area (Å²) in [5, 5.41) is 24.4. The maximum Gasteiger partial charge on any atom is 0.278 e. The molecule has 1 aromatic heterocycles. The molecule has 0 radical (unpaired) electrons. The van der Waals surface area contributed by atoms with E-state index in [1.54, 1.807) is 12.3 Å². The van der Waals surface area contributed by atoms with E-state index in [0.29, 0.717) is 5.39 Å². The molecule has 1 aromatic carbocycles. The van der Waals surface area contributed by atoms with Gasteiger partial charge in [-0.1, -0.05) is 0 Å². The van der Waals surface area contributed by atoms with Gasteiger partial charge in [0, 0.05) is 42.2 Å². The number of rotatable bonds is 6. The molecule has 6 nitrogen and oxygen atoms in total. The molecule has 2 aromatic rings. The van der Waals surface area contributed by atoms with Crippen LogP contribution in [0.2, 0.25) is 0 Å². The van der Waals surface area contributed by atoms with Crippen LogP contribution in [0.15, 0.2) is 24.4 Å². The molecule has 0 aliphatic heterocycles. The van der Waals surface area contributed by atoms with Gasteiger partial charge in [-0.25, -0.2) is 0 Å². The third kappa shape index (κ3) is 3.03. The average molecular weight is 275 g/mol. The minimum atomic E-state index is -0.394. The minimum absolute atomic E-state index is 0.0633. The highest BCUT2D eigenvalue weighted by Gasteiger charge is 2.14. The summed E-state index contributed by atoms with van der Waals surface area (Å²) in [6.07, 6.45) is 3.12. The van der Waals surface area contributed by atoms with Crippen molar-refractivity contribution in [3.05, 3.63) is 40.2 Å². The lowest BCUT2D eigenvalue weighted by Crippen LogP contribution is -2.03. The van der Waals surface area contributed by atoms with Gasteiger partial charge in [0.05, 0.1) is 10.3 Å². The van der Waals surface area contributed by atoms with Crippen molar-refractivity contribution in [3.63, 3.8) is 0 Å². The molecule has 2 N–H and O–H groups in total. The molecule has 0 aliphatic carbocycles.